The number of hydrogen-bond donors (Lipinski definition) is 0. The zero-order valence-electron chi connectivity index (χ0n) is 26.4. The molecular weight excluding hydrogens is 790 g/mol. The van der Waals surface area contributed by atoms with Crippen LogP contribution in [0, 0.1) is 24.3 Å². The number of hydrogen-bond acceptors (Lipinski definition) is 0. The zero-order valence-corrected chi connectivity index (χ0v) is 33.7. The molecule has 0 aliphatic heterocycles. The summed E-state index contributed by atoms with van der Waals surface area (Å²) in [6, 6.07) is 36.4. The quantitative estimate of drug-likeness (QED) is 0.136. The second-order valence-electron chi connectivity index (χ2n) is 11.8. The van der Waals surface area contributed by atoms with Gasteiger partial charge in [0.1, 0.15) is 0 Å². The van der Waals surface area contributed by atoms with Crippen LogP contribution in [-0.2, 0) is 41.5 Å². The van der Waals surface area contributed by atoms with Crippen LogP contribution < -0.4 is 0 Å². The van der Waals surface area contributed by atoms with Crippen molar-refractivity contribution < 1.29 is 24.2 Å². The van der Waals surface area contributed by atoms with Gasteiger partial charge in [0.15, 0.2) is 0 Å². The number of allylic oxidation sites excluding steroid dienone is 4. The Labute approximate surface area is 311 Å². The molecule has 6 rings (SSSR count). The van der Waals surface area contributed by atoms with Gasteiger partial charge in [0.2, 0.25) is 0 Å². The van der Waals surface area contributed by atoms with Gasteiger partial charge in [0.25, 0.3) is 0 Å². The Morgan fingerprint density at radius 2 is 1.25 bits per heavy atom. The molecule has 44 heavy (non-hydrogen) atoms. The first kappa shape index (κ1) is 42.7. The van der Waals surface area contributed by atoms with E-state index in [0.717, 1.165) is 21.8 Å². The molecule has 0 fully saturated rings. The van der Waals surface area contributed by atoms with E-state index in [-0.39, 0.29) is 35.6 Å². The van der Waals surface area contributed by atoms with Gasteiger partial charge in [-0.2, -0.15) is 96.1 Å². The number of benzene rings is 4. The molecular formula is C39H42Br2Cl2Zr-4. The molecule has 0 N–H and O–H groups in total. The predicted octanol–water partition coefficient (Wildman–Crippen LogP) is 12.3. The van der Waals surface area contributed by atoms with Crippen molar-refractivity contribution in [1.29, 1.82) is 0 Å². The molecule has 0 aromatic heterocycles. The average Bonchev–Trinajstić information content (AvgIpc) is 3.66. The van der Waals surface area contributed by atoms with Gasteiger partial charge in [0.05, 0.1) is 0 Å². The fraction of sp³-hybridized carbons (Fsp3) is 0.256. The molecule has 0 amide bonds. The second kappa shape index (κ2) is 21.4. The third-order valence-corrected chi connectivity index (χ3v) is 7.44. The van der Waals surface area contributed by atoms with Crippen molar-refractivity contribution in [3.63, 3.8) is 0 Å². The SMILES string of the molecule is Brc1[c-]cccc1.Brc1[c-]cccc1.CC(C)(C)c1c[c-]c2c(c1)-c1cc(C(C)(C)C)ccc1C2.Cl.Cl.[C-]1=CC=CC1.[CH2]=[Zr]. The molecule has 0 bridgehead atoms. The molecule has 4 aromatic carbocycles. The van der Waals surface area contributed by atoms with Gasteiger partial charge >= 0.3 is 28.4 Å². The molecule has 0 saturated carbocycles. The maximum absolute atomic E-state index is 3.53. The Hall–Kier alpha value is -1.35. The Bertz CT molecular complexity index is 1330. The normalized spacial score (nSPS) is 11.5. The van der Waals surface area contributed by atoms with Crippen LogP contribution in [0.1, 0.15) is 70.2 Å². The summed E-state index contributed by atoms with van der Waals surface area (Å²) in [6.07, 6.45) is 11.0. The van der Waals surface area contributed by atoms with Crippen LogP contribution in [0.15, 0.2) is 106 Å². The zero-order chi connectivity index (χ0) is 31.2. The Balaban J connectivity index is 0.000000658. The molecule has 5 heteroatoms. The summed E-state index contributed by atoms with van der Waals surface area (Å²) < 4.78 is 5.36. The summed E-state index contributed by atoms with van der Waals surface area (Å²) in [5.74, 6) is 0. The van der Waals surface area contributed by atoms with Gasteiger partial charge in [-0.15, -0.1) is 36.8 Å². The maximum atomic E-state index is 3.53. The van der Waals surface area contributed by atoms with Gasteiger partial charge in [-0.1, -0.05) is 117 Å². The topological polar surface area (TPSA) is 0 Å². The van der Waals surface area contributed by atoms with E-state index in [0.29, 0.717) is 0 Å². The standard InChI is InChI=1S/C21H25.2C6H4Br.C5H5.CH2.2ClH.Zr/c1-20(2,3)16-9-7-14-11-15-8-10-17(21(4,5)6)13-19(15)18(14)12-16;2*7-6-4-2-1-3-5-6;1-2-4-5-3-1;;;;/h7,9-10,12-13H,11H2,1-6H3;2*1-4H;1-3H,4H2;1H2;2*1H;/q4*-1;;;;. The van der Waals surface area contributed by atoms with E-state index in [1.54, 1.807) is 0 Å². The van der Waals surface area contributed by atoms with E-state index in [9.17, 15) is 0 Å². The molecule has 0 saturated heterocycles. The summed E-state index contributed by atoms with van der Waals surface area (Å²) in [7, 11) is 0. The first-order valence-electron chi connectivity index (χ1n) is 14.0. The Morgan fingerprint density at radius 1 is 0.705 bits per heavy atom. The molecule has 234 valence electrons. The molecule has 2 aliphatic carbocycles. The van der Waals surface area contributed by atoms with Crippen molar-refractivity contribution in [1.82, 2.24) is 0 Å². The van der Waals surface area contributed by atoms with Gasteiger partial charge in [-0.25, -0.2) is 12.2 Å². The minimum absolute atomic E-state index is 0. The monoisotopic (exact) mass is 828 g/mol. The summed E-state index contributed by atoms with van der Waals surface area (Å²) in [5, 5.41) is 0. The summed E-state index contributed by atoms with van der Waals surface area (Å²) in [4.78, 5) is 0. The molecule has 0 atom stereocenters. The van der Waals surface area contributed by atoms with Crippen molar-refractivity contribution in [2.24, 2.45) is 0 Å². The predicted molar refractivity (Wildman–Crippen MR) is 200 cm³/mol. The Morgan fingerprint density at radius 3 is 1.61 bits per heavy atom. The van der Waals surface area contributed by atoms with Crippen LogP contribution in [0.5, 0.6) is 0 Å². The van der Waals surface area contributed by atoms with E-state index < -0.39 is 0 Å². The average molecular weight is 833 g/mol. The molecule has 0 spiro atoms. The van der Waals surface area contributed by atoms with Gasteiger partial charge < -0.3 is 0 Å². The molecule has 0 heterocycles. The number of rotatable bonds is 0. The molecule has 0 unspecified atom stereocenters. The first-order chi connectivity index (χ1) is 19.9. The third-order valence-electron chi connectivity index (χ3n) is 6.45. The molecule has 0 nitrogen and oxygen atoms in total. The van der Waals surface area contributed by atoms with Crippen molar-refractivity contribution in [2.75, 3.05) is 0 Å². The van der Waals surface area contributed by atoms with Crippen molar-refractivity contribution in [2.45, 2.75) is 65.2 Å². The van der Waals surface area contributed by atoms with E-state index >= 15 is 0 Å². The van der Waals surface area contributed by atoms with Crippen LogP contribution in [0.25, 0.3) is 11.1 Å². The molecule has 2 aliphatic rings. The first-order valence-corrected chi connectivity index (χ1v) is 17.3. The third kappa shape index (κ3) is 14.8. The summed E-state index contributed by atoms with van der Waals surface area (Å²) in [5.41, 5.74) is 8.76. The number of fused-ring (bicyclic) bond motifs is 3. The van der Waals surface area contributed by atoms with Crippen LogP contribution in [0.4, 0.5) is 0 Å². The van der Waals surface area contributed by atoms with E-state index in [1.165, 1.54) is 57.6 Å². The van der Waals surface area contributed by atoms with Crippen molar-refractivity contribution in [3.05, 3.63) is 153 Å². The fourth-order valence-electron chi connectivity index (χ4n) is 4.07. The van der Waals surface area contributed by atoms with Gasteiger partial charge in [-0.3, -0.25) is 6.08 Å². The second-order valence-corrected chi connectivity index (χ2v) is 13.5. The summed E-state index contributed by atoms with van der Waals surface area (Å²) in [6.45, 7) is 13.6. The van der Waals surface area contributed by atoms with Crippen molar-refractivity contribution >= 4 is 60.9 Å². The van der Waals surface area contributed by atoms with Gasteiger partial charge in [0, 0.05) is 0 Å². The Kier molecular flexibility index (Phi) is 20.8. The van der Waals surface area contributed by atoms with Crippen LogP contribution >= 0.6 is 56.7 Å². The fourth-order valence-corrected chi connectivity index (χ4v) is 4.64. The van der Waals surface area contributed by atoms with Crippen LogP contribution in [-0.4, -0.2) is 4.21 Å². The van der Waals surface area contributed by atoms with Crippen LogP contribution in [0.3, 0.4) is 0 Å². The molecule has 0 radical (unpaired) electrons. The van der Waals surface area contributed by atoms with E-state index in [4.69, 9.17) is 0 Å². The molecule has 4 aromatic rings. The van der Waals surface area contributed by atoms with Gasteiger partial charge in [-0.05, 0) is 17.4 Å². The van der Waals surface area contributed by atoms with Crippen molar-refractivity contribution in [3.8, 4) is 11.1 Å². The minimum atomic E-state index is 0. The van der Waals surface area contributed by atoms with Crippen LogP contribution in [0.2, 0.25) is 0 Å². The summed E-state index contributed by atoms with van der Waals surface area (Å²) >= 11 is 7.81. The van der Waals surface area contributed by atoms with E-state index in [2.05, 4.69) is 138 Å². The van der Waals surface area contributed by atoms with E-state index in [1.807, 2.05) is 60.7 Å². The number of halogens is 4.